The van der Waals surface area contributed by atoms with Crippen LogP contribution < -0.4 is 5.32 Å². The molecule has 122 valence electrons. The van der Waals surface area contributed by atoms with Crippen LogP contribution in [0.3, 0.4) is 0 Å². The lowest BCUT2D eigenvalue weighted by molar-refractivity contribution is -0.138. The number of aliphatic carboxylic acids is 1. The number of rotatable bonds is 5. The number of benzene rings is 1. The Balaban J connectivity index is 2.04. The summed E-state index contributed by atoms with van der Waals surface area (Å²) >= 11 is 1.10. The number of anilines is 1. The van der Waals surface area contributed by atoms with E-state index in [1.165, 1.54) is 12.1 Å². The summed E-state index contributed by atoms with van der Waals surface area (Å²) in [5.74, 6) is -1.56. The van der Waals surface area contributed by atoms with E-state index in [4.69, 9.17) is 5.11 Å². The zero-order chi connectivity index (χ0) is 17.0. The van der Waals surface area contributed by atoms with Crippen LogP contribution in [0.25, 0.3) is 11.3 Å². The van der Waals surface area contributed by atoms with E-state index in [1.807, 2.05) is 0 Å². The van der Waals surface area contributed by atoms with Crippen molar-refractivity contribution < 1.29 is 27.9 Å². The van der Waals surface area contributed by atoms with Gasteiger partial charge in [0, 0.05) is 17.4 Å². The fraction of sp³-hybridized carbons (Fsp3) is 0.214. The van der Waals surface area contributed by atoms with Crippen LogP contribution in [0.4, 0.5) is 18.3 Å². The molecule has 1 amide bonds. The molecule has 0 fully saturated rings. The van der Waals surface area contributed by atoms with Crippen LogP contribution in [0.1, 0.15) is 18.4 Å². The van der Waals surface area contributed by atoms with Crippen molar-refractivity contribution in [1.82, 2.24) is 4.98 Å². The number of halogens is 3. The Bertz CT molecular complexity index is 711. The number of hydrogen-bond donors (Lipinski definition) is 2. The minimum atomic E-state index is -4.40. The first-order valence-electron chi connectivity index (χ1n) is 6.40. The van der Waals surface area contributed by atoms with Crippen LogP contribution in [0.2, 0.25) is 0 Å². The van der Waals surface area contributed by atoms with E-state index in [0.29, 0.717) is 11.3 Å². The van der Waals surface area contributed by atoms with Gasteiger partial charge in [0.25, 0.3) is 0 Å². The molecule has 5 nitrogen and oxygen atoms in total. The number of aromatic nitrogens is 1. The molecule has 2 rings (SSSR count). The zero-order valence-electron chi connectivity index (χ0n) is 11.6. The number of nitrogens with zero attached hydrogens (tertiary/aromatic N) is 1. The molecule has 1 aromatic heterocycles. The molecule has 0 spiro atoms. The van der Waals surface area contributed by atoms with Gasteiger partial charge in [-0.25, -0.2) is 4.98 Å². The molecule has 2 N–H and O–H groups in total. The van der Waals surface area contributed by atoms with E-state index in [0.717, 1.165) is 23.5 Å². The van der Waals surface area contributed by atoms with Gasteiger partial charge in [-0.3, -0.25) is 9.59 Å². The molecule has 0 aliphatic rings. The first-order valence-corrected chi connectivity index (χ1v) is 7.28. The van der Waals surface area contributed by atoms with Crippen molar-refractivity contribution in [2.75, 3.05) is 5.32 Å². The molecule has 0 saturated heterocycles. The second kappa shape index (κ2) is 6.78. The zero-order valence-corrected chi connectivity index (χ0v) is 12.4. The molecule has 23 heavy (non-hydrogen) atoms. The van der Waals surface area contributed by atoms with Crippen molar-refractivity contribution in [2.24, 2.45) is 0 Å². The lowest BCUT2D eigenvalue weighted by Gasteiger charge is -2.06. The summed E-state index contributed by atoms with van der Waals surface area (Å²) < 4.78 is 37.5. The maximum Gasteiger partial charge on any atom is 0.416 e. The minimum absolute atomic E-state index is 0.176. The molecule has 2 aromatic rings. The van der Waals surface area contributed by atoms with Gasteiger partial charge < -0.3 is 10.4 Å². The van der Waals surface area contributed by atoms with Crippen LogP contribution in [0.5, 0.6) is 0 Å². The van der Waals surface area contributed by atoms with Gasteiger partial charge in [-0.15, -0.1) is 11.3 Å². The van der Waals surface area contributed by atoms with Gasteiger partial charge in [0.15, 0.2) is 5.13 Å². The van der Waals surface area contributed by atoms with Crippen LogP contribution >= 0.6 is 11.3 Å². The van der Waals surface area contributed by atoms with E-state index in [-0.39, 0.29) is 18.0 Å². The number of alkyl halides is 3. The fourth-order valence-electron chi connectivity index (χ4n) is 1.70. The summed E-state index contributed by atoms with van der Waals surface area (Å²) in [5.41, 5.74) is 0.163. The summed E-state index contributed by atoms with van der Waals surface area (Å²) in [6, 6.07) is 4.52. The number of carboxylic acid groups (broad SMARTS) is 1. The molecule has 1 aromatic carbocycles. The molecule has 9 heteroatoms. The third-order valence-corrected chi connectivity index (χ3v) is 3.58. The van der Waals surface area contributed by atoms with Gasteiger partial charge in [-0.1, -0.05) is 12.1 Å². The number of hydrogen-bond acceptors (Lipinski definition) is 4. The highest BCUT2D eigenvalue weighted by atomic mass is 32.1. The first kappa shape index (κ1) is 16.9. The predicted molar refractivity (Wildman–Crippen MR) is 78.1 cm³/mol. The number of carboxylic acids is 1. The van der Waals surface area contributed by atoms with Crippen molar-refractivity contribution >= 4 is 28.3 Å². The Morgan fingerprint density at radius 3 is 2.39 bits per heavy atom. The number of thiazole rings is 1. The number of amides is 1. The average Bonchev–Trinajstić information content (AvgIpc) is 2.93. The molecular weight excluding hydrogens is 333 g/mol. The number of carbonyl (C=O) groups excluding carboxylic acids is 1. The first-order chi connectivity index (χ1) is 10.8. The van der Waals surface area contributed by atoms with Gasteiger partial charge >= 0.3 is 12.1 Å². The summed E-state index contributed by atoms with van der Waals surface area (Å²) in [4.78, 5) is 26.0. The van der Waals surface area contributed by atoms with Crippen LogP contribution in [0.15, 0.2) is 29.6 Å². The SMILES string of the molecule is O=C(O)CCC(=O)Nc1nc(-c2ccc(C(F)(F)F)cc2)cs1. The normalized spacial score (nSPS) is 11.3. The highest BCUT2D eigenvalue weighted by Crippen LogP contribution is 2.31. The van der Waals surface area contributed by atoms with E-state index in [9.17, 15) is 22.8 Å². The maximum absolute atomic E-state index is 12.5. The molecule has 0 bridgehead atoms. The highest BCUT2D eigenvalue weighted by Gasteiger charge is 2.30. The van der Waals surface area contributed by atoms with Crippen LogP contribution in [-0.2, 0) is 15.8 Å². The Kier molecular flexibility index (Phi) is 4.99. The molecule has 0 radical (unpaired) electrons. The summed E-state index contributed by atoms with van der Waals surface area (Å²) in [6.07, 6.45) is -4.86. The smallest absolute Gasteiger partial charge is 0.416 e. The van der Waals surface area contributed by atoms with Crippen molar-refractivity contribution in [3.05, 3.63) is 35.2 Å². The van der Waals surface area contributed by atoms with Gasteiger partial charge in [0.1, 0.15) is 0 Å². The summed E-state index contributed by atoms with van der Waals surface area (Å²) in [5, 5.41) is 12.8. The van der Waals surface area contributed by atoms with Crippen molar-refractivity contribution in [1.29, 1.82) is 0 Å². The minimum Gasteiger partial charge on any atom is -0.481 e. The van der Waals surface area contributed by atoms with Crippen molar-refractivity contribution in [3.8, 4) is 11.3 Å². The largest absolute Gasteiger partial charge is 0.481 e. The second-order valence-corrected chi connectivity index (χ2v) is 5.41. The summed E-state index contributed by atoms with van der Waals surface area (Å²) in [6.45, 7) is 0. The lowest BCUT2D eigenvalue weighted by Crippen LogP contribution is -2.12. The third kappa shape index (κ3) is 4.78. The van der Waals surface area contributed by atoms with Crippen LogP contribution in [-0.4, -0.2) is 22.0 Å². The number of nitrogens with one attached hydrogen (secondary N) is 1. The van der Waals surface area contributed by atoms with Crippen molar-refractivity contribution in [2.45, 2.75) is 19.0 Å². The monoisotopic (exact) mass is 344 g/mol. The van der Waals surface area contributed by atoms with E-state index >= 15 is 0 Å². The third-order valence-electron chi connectivity index (χ3n) is 2.82. The second-order valence-electron chi connectivity index (χ2n) is 4.55. The van der Waals surface area contributed by atoms with Gasteiger partial charge in [0.05, 0.1) is 17.7 Å². The molecular formula is C14H11F3N2O3S. The van der Waals surface area contributed by atoms with Gasteiger partial charge in [-0.05, 0) is 12.1 Å². The maximum atomic E-state index is 12.5. The Morgan fingerprint density at radius 2 is 1.83 bits per heavy atom. The molecule has 0 saturated carbocycles. The highest BCUT2D eigenvalue weighted by molar-refractivity contribution is 7.14. The molecule has 0 unspecified atom stereocenters. The van der Waals surface area contributed by atoms with Crippen LogP contribution in [0, 0.1) is 0 Å². The Hall–Kier alpha value is -2.42. The van der Waals surface area contributed by atoms with Gasteiger partial charge in [0.2, 0.25) is 5.91 Å². The standard InChI is InChI=1S/C14H11F3N2O3S/c15-14(16,17)9-3-1-8(2-4-9)10-7-23-13(18-10)19-11(20)5-6-12(21)22/h1-4,7H,5-6H2,(H,21,22)(H,18,19,20). The molecule has 0 aliphatic heterocycles. The molecule has 0 atom stereocenters. The van der Waals surface area contributed by atoms with Crippen molar-refractivity contribution in [3.63, 3.8) is 0 Å². The quantitative estimate of drug-likeness (QED) is 0.868. The Labute approximate surface area is 132 Å². The lowest BCUT2D eigenvalue weighted by atomic mass is 10.1. The Morgan fingerprint density at radius 1 is 1.17 bits per heavy atom. The van der Waals surface area contributed by atoms with Gasteiger partial charge in [-0.2, -0.15) is 13.2 Å². The topological polar surface area (TPSA) is 79.3 Å². The number of carbonyl (C=O) groups is 2. The predicted octanol–water partition coefficient (Wildman–Crippen LogP) is 3.63. The van der Waals surface area contributed by atoms with E-state index in [1.54, 1.807) is 5.38 Å². The fourth-order valence-corrected chi connectivity index (χ4v) is 2.43. The average molecular weight is 344 g/mol. The van der Waals surface area contributed by atoms with E-state index < -0.39 is 23.6 Å². The van der Waals surface area contributed by atoms with E-state index in [2.05, 4.69) is 10.3 Å². The molecule has 0 aliphatic carbocycles. The summed E-state index contributed by atoms with van der Waals surface area (Å²) in [7, 11) is 0. The molecule has 1 heterocycles.